The van der Waals surface area contributed by atoms with Crippen LogP contribution in [0.25, 0.3) is 43.2 Å². The van der Waals surface area contributed by atoms with Crippen LogP contribution in [-0.2, 0) is 38.8 Å². The van der Waals surface area contributed by atoms with Gasteiger partial charge in [0.2, 0.25) is 33.7 Å². The van der Waals surface area contributed by atoms with Crippen molar-refractivity contribution in [3.63, 3.8) is 0 Å². The summed E-state index contributed by atoms with van der Waals surface area (Å²) in [6, 6.07) is 10.8. The van der Waals surface area contributed by atoms with Crippen molar-refractivity contribution in [2.75, 3.05) is 41.4 Å². The van der Waals surface area contributed by atoms with E-state index >= 15 is 0 Å². The first-order valence-electron chi connectivity index (χ1n) is 33.7. The predicted molar refractivity (Wildman–Crippen MR) is 375 cm³/mol. The molecule has 0 bridgehead atoms. The maximum absolute atomic E-state index is 14.3. The third-order valence-electron chi connectivity index (χ3n) is 20.2. The Kier molecular flexibility index (Phi) is 20.6. The highest BCUT2D eigenvalue weighted by atomic mass is 35.5. The second-order valence-corrected chi connectivity index (χ2v) is 32.1. The summed E-state index contributed by atoms with van der Waals surface area (Å²) in [5.74, 6) is -4.14. The maximum atomic E-state index is 14.3. The van der Waals surface area contributed by atoms with Crippen molar-refractivity contribution >= 4 is 113 Å². The summed E-state index contributed by atoms with van der Waals surface area (Å²) in [7, 11) is 2.75. The first kappa shape index (κ1) is 70.4. The number of aromatic nitrogens is 4. The van der Waals surface area contributed by atoms with Gasteiger partial charge in [0.25, 0.3) is 5.91 Å². The molecule has 98 heavy (non-hydrogen) atoms. The summed E-state index contributed by atoms with van der Waals surface area (Å²) in [5.41, 5.74) is 1.28. The van der Waals surface area contributed by atoms with Crippen molar-refractivity contribution in [2.45, 2.75) is 158 Å². The van der Waals surface area contributed by atoms with Gasteiger partial charge in [0.15, 0.2) is 0 Å². The van der Waals surface area contributed by atoms with E-state index < -0.39 is 85.9 Å². The van der Waals surface area contributed by atoms with E-state index in [-0.39, 0.29) is 61.2 Å². The average molecular weight is 1440 g/mol. The van der Waals surface area contributed by atoms with E-state index in [4.69, 9.17) is 62.1 Å². The Morgan fingerprint density at radius 1 is 0.633 bits per heavy atom. The summed E-state index contributed by atoms with van der Waals surface area (Å²) >= 11 is 16.5. The molecule has 522 valence electrons. The zero-order valence-electron chi connectivity index (χ0n) is 56.1. The lowest BCUT2D eigenvalue weighted by Gasteiger charge is -2.26. The first-order valence-corrected chi connectivity index (χ1v) is 37.8. The zero-order valence-corrected chi connectivity index (χ0v) is 60.1. The highest BCUT2D eigenvalue weighted by molar-refractivity contribution is 7.91. The number of nitrogens with zero attached hydrogens (tertiary/aromatic N) is 6. The molecule has 6 heterocycles. The van der Waals surface area contributed by atoms with Gasteiger partial charge in [-0.3, -0.25) is 28.7 Å². The highest BCUT2D eigenvalue weighted by Crippen LogP contribution is 2.50. The molecule has 22 nitrogen and oxygen atoms in total. The van der Waals surface area contributed by atoms with Crippen LogP contribution in [0.15, 0.2) is 71.5 Å². The molecule has 5 aliphatic carbocycles. The molecule has 2 aliphatic heterocycles. The molecular formula is C71H83Cl2N9O13S3. The largest absolute Gasteiger partial charge is 0.495 e. The Balaban J connectivity index is 0.000000188. The Morgan fingerprint density at radius 3 is 1.48 bits per heavy atom. The molecule has 0 radical (unpaired) electrons. The monoisotopic (exact) mass is 1440 g/mol. The quantitative estimate of drug-likeness (QED) is 0.0737. The molecule has 4 aromatic heterocycles. The fourth-order valence-corrected chi connectivity index (χ4v) is 17.7. The number of halogens is 2. The number of methoxy groups -OCH3 is 2. The van der Waals surface area contributed by atoms with Gasteiger partial charge in [0, 0.05) is 72.7 Å². The fourth-order valence-electron chi connectivity index (χ4n) is 13.9. The third-order valence-corrected chi connectivity index (χ3v) is 24.5. The molecule has 5 fully saturated rings. The predicted octanol–water partition coefficient (Wildman–Crippen LogP) is 11.7. The van der Waals surface area contributed by atoms with Crippen LogP contribution in [0, 0.1) is 35.5 Å². The molecule has 0 spiro atoms. The Morgan fingerprint density at radius 2 is 1.06 bits per heavy atom. The molecule has 0 saturated heterocycles. The van der Waals surface area contributed by atoms with E-state index in [1.165, 1.54) is 29.8 Å². The van der Waals surface area contributed by atoms with E-state index in [1.807, 2.05) is 59.3 Å². The smallest absolute Gasteiger partial charge is 0.330 e. The molecule has 2 aromatic carbocycles. The normalized spacial score (nSPS) is 27.4. The number of thiazole rings is 2. The molecule has 5 saturated carbocycles. The fraction of sp³-hybridized carbons (Fsp3) is 0.521. The van der Waals surface area contributed by atoms with Gasteiger partial charge in [-0.05, 0) is 126 Å². The molecule has 4 N–H and O–H groups in total. The number of pyridine rings is 2. The van der Waals surface area contributed by atoms with Gasteiger partial charge in [-0.2, -0.15) is 0 Å². The minimum Gasteiger partial charge on any atom is -0.495 e. The van der Waals surface area contributed by atoms with Crippen molar-refractivity contribution in [2.24, 2.45) is 35.5 Å². The zero-order chi connectivity index (χ0) is 69.7. The summed E-state index contributed by atoms with van der Waals surface area (Å²) in [4.78, 5) is 104. The molecule has 2 unspecified atom stereocenters. The van der Waals surface area contributed by atoms with Gasteiger partial charge in [0.05, 0.1) is 65.6 Å². The van der Waals surface area contributed by atoms with Gasteiger partial charge in [0.1, 0.15) is 77.7 Å². The molecule has 5 amide bonds. The average Bonchev–Trinajstić information content (AvgIpc) is 1.57. The van der Waals surface area contributed by atoms with Crippen LogP contribution in [0.4, 0.5) is 0 Å². The second-order valence-electron chi connectivity index (χ2n) is 27.7. The topological polar surface area (TPSA) is 288 Å². The molecule has 7 aliphatic rings. The Hall–Kier alpha value is -7.45. The van der Waals surface area contributed by atoms with E-state index in [0.29, 0.717) is 110 Å². The molecule has 10 atom stereocenters. The summed E-state index contributed by atoms with van der Waals surface area (Å²) in [6.45, 7) is 9.43. The number of aliphatic carboxylic acids is 1. The van der Waals surface area contributed by atoms with Gasteiger partial charge in [-0.15, -0.1) is 22.7 Å². The highest BCUT2D eigenvalue weighted by Gasteiger charge is 2.63. The van der Waals surface area contributed by atoms with Gasteiger partial charge < -0.3 is 44.5 Å². The van der Waals surface area contributed by atoms with Gasteiger partial charge in [-0.1, -0.05) is 75.2 Å². The first-order chi connectivity index (χ1) is 46.8. The SMILES string of the molecule is COc1ccc2c(OC3C[C@H]4C(=O)N[C@]5(C(=O)NS(=O)(=O)C6CC6)C[C@H]5/C=C\CCCCN(C)C(=O)[C@@H]4C3)cc(-c3nc(C(C)C)cs3)nc2c1Cl.COc1ccc2c(OC3C[C@H]4C(=O)N[C@]5(C(=O)O)C[C@H]5/C=C\CCCCN(C)C(=O)[C@@H]4C3)cc(-c3nc(C(C)C)cs3)nc2c1Cl. The van der Waals surface area contributed by atoms with Crippen molar-refractivity contribution in [1.29, 1.82) is 0 Å². The van der Waals surface area contributed by atoms with Crippen LogP contribution in [0.1, 0.15) is 141 Å². The summed E-state index contributed by atoms with van der Waals surface area (Å²) < 4.78 is 52.1. The second kappa shape index (κ2) is 28.7. The number of nitrogens with one attached hydrogen (secondary N) is 3. The molecule has 13 rings (SSSR count). The van der Waals surface area contributed by atoms with E-state index in [1.54, 1.807) is 43.1 Å². The molecule has 6 aromatic rings. The van der Waals surface area contributed by atoms with Crippen LogP contribution in [-0.4, -0.2) is 149 Å². The number of carbonyl (C=O) groups excluding carboxylic acids is 5. The van der Waals surface area contributed by atoms with Crippen molar-refractivity contribution in [3.05, 3.63) is 92.9 Å². The minimum atomic E-state index is -3.84. The lowest BCUT2D eigenvalue weighted by Crippen LogP contribution is -2.54. The van der Waals surface area contributed by atoms with E-state index in [0.717, 1.165) is 54.9 Å². The number of fused-ring (bicyclic) bond motifs is 6. The lowest BCUT2D eigenvalue weighted by molar-refractivity contribution is -0.145. The van der Waals surface area contributed by atoms with Crippen LogP contribution in [0.5, 0.6) is 23.0 Å². The van der Waals surface area contributed by atoms with Crippen molar-refractivity contribution in [1.82, 2.24) is 45.1 Å². The number of sulfonamides is 1. The number of allylic oxidation sites excluding steroid dienone is 2. The van der Waals surface area contributed by atoms with Crippen LogP contribution < -0.4 is 34.3 Å². The maximum Gasteiger partial charge on any atom is 0.330 e. The number of carbonyl (C=O) groups is 6. The number of hydrogen-bond donors (Lipinski definition) is 4. The molecule has 27 heteroatoms. The van der Waals surface area contributed by atoms with Crippen LogP contribution >= 0.6 is 45.9 Å². The number of amides is 5. The summed E-state index contributed by atoms with van der Waals surface area (Å²) in [5, 5.41) is 22.7. The van der Waals surface area contributed by atoms with Crippen molar-refractivity contribution in [3.8, 4) is 44.4 Å². The van der Waals surface area contributed by atoms with Crippen molar-refractivity contribution < 1.29 is 61.2 Å². The van der Waals surface area contributed by atoms with Crippen LogP contribution in [0.3, 0.4) is 0 Å². The number of ether oxygens (including phenoxy) is 4. The standard InChI is InChI=1S/C37H44ClN5O7S2.C34H39ClN4O6S/c1-20(2)28-19-51-34(40-28)27-17-30(24-12-13-29(49-4)31(38)32(24)39-27)50-22-15-25-26(16-22)35(45)43(3)14-8-6-5-7-9-21-18-37(21,41-33(25)44)36(46)42-52(47,48)23-10-11-23;1-18(2)25-17-46-31(37-25)24-15-27(21-10-11-26(44-4)28(35)29(21)36-24)45-20-13-22-23(14-20)32(41)39(3)12-8-6-5-7-9-19-16-34(19,33(42)43)38-30(22)40/h7,9,12-13,17,19-23,25-26H,5-6,8,10-11,14-16,18H2,1-4H3,(H,41,44)(H,42,46);7,9-11,15,17-20,22-23H,5-6,8,12-14,16H2,1-4H3,(H,38,40)(H,42,43)/b2*9-7-/t21-,22?,25-,26-,37-;19-,20?,22-,23-,34-/m11/s1. The number of rotatable bonds is 14. The molecular weight excluding hydrogens is 1350 g/mol. The van der Waals surface area contributed by atoms with Gasteiger partial charge in [-0.25, -0.2) is 33.1 Å². The van der Waals surface area contributed by atoms with Crippen LogP contribution in [0.2, 0.25) is 10.0 Å². The Bertz CT molecular complexity index is 4290. The number of carboxylic acids is 1. The van der Waals surface area contributed by atoms with E-state index in [2.05, 4.69) is 43.1 Å². The number of benzene rings is 2. The minimum absolute atomic E-state index is 0.132. The third kappa shape index (κ3) is 14.5. The van der Waals surface area contributed by atoms with E-state index in [9.17, 15) is 42.3 Å². The number of carboxylic acid groups (broad SMARTS) is 1. The number of hydrogen-bond acceptors (Lipinski definition) is 18. The lowest BCUT2D eigenvalue weighted by atomic mass is 9.93. The van der Waals surface area contributed by atoms with Gasteiger partial charge >= 0.3 is 5.97 Å². The Labute approximate surface area is 588 Å². The summed E-state index contributed by atoms with van der Waals surface area (Å²) in [6.07, 6.45) is 14.2.